The van der Waals surface area contributed by atoms with Crippen molar-refractivity contribution in [2.75, 3.05) is 20.6 Å². The van der Waals surface area contributed by atoms with Gasteiger partial charge < -0.3 is 15.2 Å². The third-order valence-corrected chi connectivity index (χ3v) is 2.43. The Morgan fingerprint density at radius 3 is 2.71 bits per heavy atom. The summed E-state index contributed by atoms with van der Waals surface area (Å²) in [6.07, 6.45) is 2.32. The molecule has 0 saturated heterocycles. The Morgan fingerprint density at radius 1 is 1.47 bits per heavy atom. The molecule has 94 valence electrons. The van der Waals surface area contributed by atoms with Crippen LogP contribution >= 0.6 is 0 Å². The van der Waals surface area contributed by atoms with Crippen LogP contribution in [0.15, 0.2) is 23.1 Å². The van der Waals surface area contributed by atoms with E-state index < -0.39 is 0 Å². The molecule has 1 atom stereocenters. The third kappa shape index (κ3) is 4.82. The fourth-order valence-electron chi connectivity index (χ4n) is 1.38. The van der Waals surface area contributed by atoms with Gasteiger partial charge in [-0.3, -0.25) is 9.59 Å². The number of hydrogen-bond acceptors (Lipinski definition) is 3. The average molecular weight is 237 g/mol. The summed E-state index contributed by atoms with van der Waals surface area (Å²) < 4.78 is 0. The van der Waals surface area contributed by atoms with E-state index >= 15 is 0 Å². The number of amides is 1. The number of H-pyrrole nitrogens is 1. The first-order valence-corrected chi connectivity index (χ1v) is 5.63. The average Bonchev–Trinajstić information content (AvgIpc) is 2.27. The normalized spacial score (nSPS) is 12.5. The Labute approximate surface area is 101 Å². The van der Waals surface area contributed by atoms with Crippen LogP contribution in [0.2, 0.25) is 0 Å². The lowest BCUT2D eigenvalue weighted by molar-refractivity contribution is 0.0936. The molecule has 0 aliphatic carbocycles. The van der Waals surface area contributed by atoms with E-state index in [0.29, 0.717) is 5.56 Å². The molecule has 1 unspecified atom stereocenters. The topological polar surface area (TPSA) is 65.2 Å². The van der Waals surface area contributed by atoms with Crippen LogP contribution in [0, 0.1) is 0 Å². The standard InChI is InChI=1S/C12H19N3O2/c1-9(6-7-15(2)3)14-12(17)10-4-5-11(16)13-8-10/h4-5,8-9H,6-7H2,1-3H3,(H,13,16)(H,14,17). The number of rotatable bonds is 5. The van der Waals surface area contributed by atoms with Gasteiger partial charge in [-0.1, -0.05) is 0 Å². The molecule has 0 fully saturated rings. The number of hydrogen-bond donors (Lipinski definition) is 2. The summed E-state index contributed by atoms with van der Waals surface area (Å²) in [5.74, 6) is -0.160. The van der Waals surface area contributed by atoms with Crippen LogP contribution in [0.3, 0.4) is 0 Å². The second kappa shape index (κ2) is 6.20. The Balaban J connectivity index is 2.48. The van der Waals surface area contributed by atoms with Crippen molar-refractivity contribution in [1.29, 1.82) is 0 Å². The molecule has 0 saturated carbocycles. The predicted molar refractivity (Wildman–Crippen MR) is 67.2 cm³/mol. The molecule has 0 spiro atoms. The van der Waals surface area contributed by atoms with Crippen molar-refractivity contribution in [3.05, 3.63) is 34.2 Å². The lowest BCUT2D eigenvalue weighted by atomic mass is 10.2. The summed E-state index contributed by atoms with van der Waals surface area (Å²) in [6, 6.07) is 2.98. The van der Waals surface area contributed by atoms with Crippen molar-refractivity contribution in [3.63, 3.8) is 0 Å². The Hall–Kier alpha value is -1.62. The number of pyridine rings is 1. The summed E-state index contributed by atoms with van der Waals surface area (Å²) in [6.45, 7) is 2.89. The molecular weight excluding hydrogens is 218 g/mol. The van der Waals surface area contributed by atoms with E-state index in [1.807, 2.05) is 21.0 Å². The van der Waals surface area contributed by atoms with Crippen molar-refractivity contribution in [1.82, 2.24) is 15.2 Å². The molecule has 1 amide bonds. The minimum atomic E-state index is -0.206. The van der Waals surface area contributed by atoms with Crippen LogP contribution in [0.25, 0.3) is 0 Å². The minimum Gasteiger partial charge on any atom is -0.349 e. The maximum absolute atomic E-state index is 11.8. The zero-order valence-electron chi connectivity index (χ0n) is 10.5. The van der Waals surface area contributed by atoms with Crippen molar-refractivity contribution in [2.24, 2.45) is 0 Å². The molecule has 17 heavy (non-hydrogen) atoms. The van der Waals surface area contributed by atoms with Crippen LogP contribution < -0.4 is 10.9 Å². The molecule has 0 aliphatic heterocycles. The first-order chi connectivity index (χ1) is 7.99. The number of carbonyl (C=O) groups excluding carboxylic acids is 1. The fraction of sp³-hybridized carbons (Fsp3) is 0.500. The third-order valence-electron chi connectivity index (χ3n) is 2.43. The van der Waals surface area contributed by atoms with Gasteiger partial charge in [0.25, 0.3) is 5.91 Å². The molecule has 5 heteroatoms. The predicted octanol–water partition coefficient (Wildman–Crippen LogP) is 0.445. The van der Waals surface area contributed by atoms with Gasteiger partial charge in [0.2, 0.25) is 5.56 Å². The van der Waals surface area contributed by atoms with E-state index in [2.05, 4.69) is 15.2 Å². The van der Waals surface area contributed by atoms with Crippen molar-refractivity contribution in [2.45, 2.75) is 19.4 Å². The molecule has 5 nitrogen and oxygen atoms in total. The SMILES string of the molecule is CC(CCN(C)C)NC(=O)c1ccc(=O)[nH]c1. The Kier molecular flexibility index (Phi) is 4.90. The number of carbonyl (C=O) groups is 1. The quantitative estimate of drug-likeness (QED) is 0.781. The summed E-state index contributed by atoms with van der Waals surface area (Å²) in [5, 5.41) is 2.88. The van der Waals surface area contributed by atoms with E-state index in [1.165, 1.54) is 18.3 Å². The summed E-state index contributed by atoms with van der Waals surface area (Å²) in [7, 11) is 3.99. The number of nitrogens with one attached hydrogen (secondary N) is 2. The van der Waals surface area contributed by atoms with Gasteiger partial charge in [-0.05, 0) is 40.1 Å². The van der Waals surface area contributed by atoms with Crippen molar-refractivity contribution < 1.29 is 4.79 Å². The van der Waals surface area contributed by atoms with E-state index in [1.54, 1.807) is 0 Å². The van der Waals surface area contributed by atoms with Crippen molar-refractivity contribution >= 4 is 5.91 Å². The zero-order valence-corrected chi connectivity index (χ0v) is 10.5. The highest BCUT2D eigenvalue weighted by Gasteiger charge is 2.09. The van der Waals surface area contributed by atoms with E-state index in [4.69, 9.17) is 0 Å². The van der Waals surface area contributed by atoms with E-state index in [9.17, 15) is 9.59 Å². The van der Waals surface area contributed by atoms with Crippen LogP contribution in [0.5, 0.6) is 0 Å². The monoisotopic (exact) mass is 237 g/mol. The summed E-state index contributed by atoms with van der Waals surface area (Å²) in [5.41, 5.74) is 0.267. The van der Waals surface area contributed by atoms with Gasteiger partial charge in [-0.25, -0.2) is 0 Å². The zero-order chi connectivity index (χ0) is 12.8. The van der Waals surface area contributed by atoms with Gasteiger partial charge >= 0.3 is 0 Å². The van der Waals surface area contributed by atoms with Crippen LogP contribution in [0.4, 0.5) is 0 Å². The molecule has 1 aromatic heterocycles. The van der Waals surface area contributed by atoms with Crippen LogP contribution in [-0.4, -0.2) is 42.5 Å². The van der Waals surface area contributed by atoms with Crippen LogP contribution in [0.1, 0.15) is 23.7 Å². The maximum atomic E-state index is 11.8. The second-order valence-electron chi connectivity index (χ2n) is 4.41. The van der Waals surface area contributed by atoms with Gasteiger partial charge in [0.1, 0.15) is 0 Å². The Morgan fingerprint density at radius 2 is 2.18 bits per heavy atom. The van der Waals surface area contributed by atoms with Crippen molar-refractivity contribution in [3.8, 4) is 0 Å². The number of aromatic nitrogens is 1. The second-order valence-corrected chi connectivity index (χ2v) is 4.41. The van der Waals surface area contributed by atoms with Gasteiger partial charge in [0.15, 0.2) is 0 Å². The highest BCUT2D eigenvalue weighted by atomic mass is 16.2. The first kappa shape index (κ1) is 13.4. The van der Waals surface area contributed by atoms with Gasteiger partial charge in [-0.15, -0.1) is 0 Å². The summed E-state index contributed by atoms with van der Waals surface area (Å²) >= 11 is 0. The highest BCUT2D eigenvalue weighted by molar-refractivity contribution is 5.93. The highest BCUT2D eigenvalue weighted by Crippen LogP contribution is 1.97. The first-order valence-electron chi connectivity index (χ1n) is 5.63. The molecule has 0 bridgehead atoms. The number of aromatic amines is 1. The van der Waals surface area contributed by atoms with E-state index in [0.717, 1.165) is 13.0 Å². The Bertz CT molecular complexity index is 406. The van der Waals surface area contributed by atoms with E-state index in [-0.39, 0.29) is 17.5 Å². The van der Waals surface area contributed by atoms with Gasteiger partial charge in [-0.2, -0.15) is 0 Å². The molecule has 0 aromatic carbocycles. The van der Waals surface area contributed by atoms with Gasteiger partial charge in [0.05, 0.1) is 5.56 Å². The fourth-order valence-corrected chi connectivity index (χ4v) is 1.38. The minimum absolute atomic E-state index is 0.108. The summed E-state index contributed by atoms with van der Waals surface area (Å²) in [4.78, 5) is 27.2. The molecule has 1 heterocycles. The molecule has 0 radical (unpaired) electrons. The lowest BCUT2D eigenvalue weighted by Crippen LogP contribution is -2.35. The van der Waals surface area contributed by atoms with Gasteiger partial charge in [0, 0.05) is 18.3 Å². The molecule has 1 rings (SSSR count). The number of nitrogens with zero attached hydrogens (tertiary/aromatic N) is 1. The molecule has 0 aliphatic rings. The lowest BCUT2D eigenvalue weighted by Gasteiger charge is -2.16. The van der Waals surface area contributed by atoms with Crippen LogP contribution in [-0.2, 0) is 0 Å². The largest absolute Gasteiger partial charge is 0.349 e. The smallest absolute Gasteiger partial charge is 0.252 e. The molecular formula is C12H19N3O2. The maximum Gasteiger partial charge on any atom is 0.252 e. The molecule has 2 N–H and O–H groups in total. The molecule has 1 aromatic rings.